The Morgan fingerprint density at radius 1 is 0.612 bits per heavy atom. The van der Waals surface area contributed by atoms with Crippen molar-refractivity contribution in [2.45, 2.75) is 146 Å². The minimum Gasteiger partial charge on any atom is -0.780 e. The zero-order valence-electron chi connectivity index (χ0n) is 52.2. The number of aryl methyl sites for hydroxylation is 3. The fourth-order valence-electron chi connectivity index (χ4n) is 10.6. The molecule has 4 aliphatic heterocycles. The van der Waals surface area contributed by atoms with Crippen LogP contribution in [0.1, 0.15) is 74.7 Å². The van der Waals surface area contributed by atoms with E-state index in [0.29, 0.717) is 0 Å². The average Bonchev–Trinajstić information content (AvgIpc) is 1.63. The summed E-state index contributed by atoms with van der Waals surface area (Å²) in [4.78, 5) is 150. The quantitative estimate of drug-likeness (QED) is 0.0159. The number of hydrogen-bond acceptors (Lipinski definition) is 37. The van der Waals surface area contributed by atoms with Crippen LogP contribution in [0, 0.1) is 20.8 Å². The van der Waals surface area contributed by atoms with Crippen LogP contribution in [-0.4, -0.2) is 174 Å². The molecule has 0 aromatic carbocycles. The maximum Gasteiger partial charge on any atom is 0.330 e. The van der Waals surface area contributed by atoms with Crippen LogP contribution in [-0.2, 0) is 150 Å². The molecule has 19 atom stereocenters. The Morgan fingerprint density at radius 2 is 1.05 bits per heavy atom. The summed E-state index contributed by atoms with van der Waals surface area (Å²) in [6.45, 7) is -15.5. The second kappa shape index (κ2) is 32.5. The lowest BCUT2D eigenvalue weighted by Gasteiger charge is -2.36. The summed E-state index contributed by atoms with van der Waals surface area (Å²) in [6, 6.07) is 0. The predicted octanol–water partition coefficient (Wildman–Crippen LogP) is -1.71. The van der Waals surface area contributed by atoms with E-state index in [-0.39, 0.29) is 59.9 Å². The van der Waals surface area contributed by atoms with Crippen LogP contribution in [0.3, 0.4) is 0 Å². The van der Waals surface area contributed by atoms with Gasteiger partial charge in [-0.2, -0.15) is 4.98 Å². The Morgan fingerprint density at radius 3 is 1.54 bits per heavy atom. The highest BCUT2D eigenvalue weighted by molar-refractivity contribution is 8.51. The molecule has 9 rings (SSSR count). The third-order valence-electron chi connectivity index (χ3n) is 15.0. The van der Waals surface area contributed by atoms with Crippen molar-refractivity contribution in [2.24, 2.45) is 0 Å². The number of rotatable bonds is 32. The Labute approximate surface area is 584 Å². The standard InChI is InChI=1S/C48H70N11O28P5S6/c1-21(2)83-92(97,98)78-17-28-26(12-32(80-28)59-20-50-33-38(59)51-45(49)52-42(33)64)85-89(69,94)75-16-27-25(11-31(79-27)56-13-22(3)39(61)53-46(56)65)84-90(70,95)76-18-29-35(37(73-7)44(81-29)58-15-24(5)41(63)55-48(58)67)87-91(71,96)77-19-30-34(86-88(68,93)74-10-8-9-60)36(72-6)43(82-30)57-14-23(4)40(62)54-47(57)66/h13-15,20-21,25-32,34-37,43-44,60H,8-12,16-19H2,1-7H3,(H,68,93)(H,69,94)(H,70,95)(H,71,96)(H,97,98)(H,53,61,65)(H,54,62,66)(H,55,63,67)(H3,49,51,52,64)/p-5/t25-,26-,27-,28-,29-,30-,31-,32-,34+,35+,36?,37?,43-,44-,88?,89?,90?,91?/m1/s1. The molecule has 5 aromatic heterocycles. The van der Waals surface area contributed by atoms with E-state index in [0.717, 1.165) is 33.2 Å². The molecule has 39 nitrogen and oxygen atoms in total. The number of anilines is 1. The predicted molar refractivity (Wildman–Crippen MR) is 354 cm³/mol. The van der Waals surface area contributed by atoms with Crippen molar-refractivity contribution in [2.75, 3.05) is 59.6 Å². The average molecular weight is 1590 g/mol. The van der Waals surface area contributed by atoms with Gasteiger partial charge in [0, 0.05) is 68.9 Å². The molecule has 4 saturated heterocycles. The normalized spacial score (nSPS) is 29.0. The van der Waals surface area contributed by atoms with Crippen LogP contribution in [0.5, 0.6) is 0 Å². The molecular formula is C48H65N11O28P5S6-5. The zero-order chi connectivity index (χ0) is 71.7. The van der Waals surface area contributed by atoms with Gasteiger partial charge in [-0.15, -0.1) is 0 Å². The first-order chi connectivity index (χ1) is 45.9. The van der Waals surface area contributed by atoms with Gasteiger partial charge >= 0.3 is 17.1 Å². The van der Waals surface area contributed by atoms with E-state index in [1.165, 1.54) is 45.0 Å². The SMILES string of the molecule is COC1[C@@H](OP(=O)([S-])OC[C@H]2O[C@@H](n3cc(C)c(=O)[nH]c3=O)C(OC)[C@H]2OP([O-])(=S)OCCCO)[C@@H](COP([O-])(=S)O[C@@H]2C[C@H](n3cc(C)c(=O)[nH]c3=O)O[C@@H]2COP([O-])(=S)O[C@@H]2C[C@H](n3cnc4c(=O)[nH]c(N)nc43)O[C@@H]2COP(=S)([S-])OC(C)C)O[C@H]1n1cc(C)c(=O)[nH]c1=O. The largest absolute Gasteiger partial charge is 0.780 e. The number of aromatic amines is 4. The topological polar surface area (TPSA) is 508 Å². The Kier molecular flexibility index (Phi) is 26.2. The van der Waals surface area contributed by atoms with E-state index in [4.69, 9.17) is 151 Å². The van der Waals surface area contributed by atoms with E-state index in [9.17, 15) is 57.9 Å². The van der Waals surface area contributed by atoms with Crippen molar-refractivity contribution in [1.82, 2.24) is 48.2 Å². The maximum absolute atomic E-state index is 14.6. The molecule has 0 amide bonds. The highest BCUT2D eigenvalue weighted by Gasteiger charge is 2.52. The summed E-state index contributed by atoms with van der Waals surface area (Å²) in [5.41, 5.74) is -3.32. The fraction of sp³-hybridized carbons (Fsp3) is 0.646. The van der Waals surface area contributed by atoms with Crippen molar-refractivity contribution in [1.29, 1.82) is 0 Å². The van der Waals surface area contributed by atoms with Gasteiger partial charge in [0.05, 0.1) is 63.4 Å². The number of methoxy groups -OCH3 is 2. The maximum atomic E-state index is 14.6. The second-order valence-electron chi connectivity index (χ2n) is 22.4. The lowest BCUT2D eigenvalue weighted by molar-refractivity contribution is -0.219. The van der Waals surface area contributed by atoms with Crippen LogP contribution >= 0.6 is 32.6 Å². The first-order valence-corrected chi connectivity index (χ1v) is 42.9. The first kappa shape index (κ1) is 79.0. The van der Waals surface area contributed by atoms with Crippen LogP contribution in [0.25, 0.3) is 11.2 Å². The minimum atomic E-state index is -5.01. The number of nitrogens with zero attached hydrogens (tertiary/aromatic N) is 6. The molecule has 7 unspecified atom stereocenters. The third kappa shape index (κ3) is 19.4. The number of nitrogen functional groups attached to an aromatic ring is 1. The number of fused-ring (bicyclic) bond motifs is 1. The number of aliphatic hydroxyl groups excluding tert-OH is 1. The lowest BCUT2D eigenvalue weighted by atomic mass is 10.1. The monoisotopic (exact) mass is 1590 g/mol. The summed E-state index contributed by atoms with van der Waals surface area (Å²) in [5.74, 6) is -0.237. The molecule has 9 heterocycles. The second-order valence-corrected chi connectivity index (χ2v) is 38.1. The van der Waals surface area contributed by atoms with E-state index in [2.05, 4.69) is 29.9 Å². The van der Waals surface area contributed by atoms with E-state index >= 15 is 0 Å². The van der Waals surface area contributed by atoms with Crippen molar-refractivity contribution in [3.63, 3.8) is 0 Å². The van der Waals surface area contributed by atoms with Crippen molar-refractivity contribution >= 4 is 121 Å². The molecule has 0 spiro atoms. The van der Waals surface area contributed by atoms with Crippen LogP contribution < -0.4 is 59.7 Å². The number of aromatic nitrogens is 10. The molecule has 0 radical (unpaired) electrons. The Bertz CT molecular complexity index is 4420. The summed E-state index contributed by atoms with van der Waals surface area (Å²) in [7, 11) is 2.30. The first-order valence-electron chi connectivity index (χ1n) is 29.1. The van der Waals surface area contributed by atoms with E-state index in [1.807, 2.05) is 0 Å². The Balaban J connectivity index is 0.953. The van der Waals surface area contributed by atoms with Crippen LogP contribution in [0.15, 0.2) is 58.5 Å². The Hall–Kier alpha value is -3.08. The zero-order valence-corrected chi connectivity index (χ0v) is 61.6. The number of nitrogens with two attached hydrogens (primary N) is 1. The summed E-state index contributed by atoms with van der Waals surface area (Å²) in [6.07, 6.45) is -16.9. The number of hydrogen-bond donors (Lipinski definition) is 6. The van der Waals surface area contributed by atoms with Gasteiger partial charge in [-0.05, 0) is 41.0 Å². The van der Waals surface area contributed by atoms with Crippen molar-refractivity contribution in [3.8, 4) is 0 Å². The van der Waals surface area contributed by atoms with Gasteiger partial charge in [0.15, 0.2) is 30.4 Å². The molecule has 98 heavy (non-hydrogen) atoms. The molecule has 7 N–H and O–H groups in total. The van der Waals surface area contributed by atoms with Gasteiger partial charge in [0.1, 0.15) is 81.4 Å². The number of aliphatic hydroxyl groups is 1. The van der Waals surface area contributed by atoms with Gasteiger partial charge in [0.2, 0.25) is 5.95 Å². The van der Waals surface area contributed by atoms with Crippen molar-refractivity contribution in [3.05, 3.63) is 114 Å². The number of nitrogens with one attached hydrogen (secondary N) is 4. The van der Waals surface area contributed by atoms with Crippen LogP contribution in [0.4, 0.5) is 5.95 Å². The number of imidazole rings is 1. The summed E-state index contributed by atoms with van der Waals surface area (Å²) in [5, 5.41) is 9.31. The molecule has 546 valence electrons. The lowest BCUT2D eigenvalue weighted by Crippen LogP contribution is -2.41. The number of H-pyrrole nitrogens is 4. The number of ether oxygens (including phenoxy) is 6. The van der Waals surface area contributed by atoms with Crippen molar-refractivity contribution < 1.29 is 98.0 Å². The van der Waals surface area contributed by atoms with E-state index in [1.54, 1.807) is 13.8 Å². The molecule has 0 aliphatic carbocycles. The van der Waals surface area contributed by atoms with E-state index < -0.39 is 197 Å². The van der Waals surface area contributed by atoms with Gasteiger partial charge < -0.3 is 124 Å². The summed E-state index contributed by atoms with van der Waals surface area (Å²) >= 11 is 32.2. The van der Waals surface area contributed by atoms with Gasteiger partial charge in [-0.3, -0.25) is 61.9 Å². The minimum absolute atomic E-state index is 0.00149. The van der Waals surface area contributed by atoms with Gasteiger partial charge in [-0.1, -0.05) is 47.2 Å². The molecule has 5 aromatic rings. The molecular weight excluding hydrogens is 1530 g/mol. The molecule has 0 saturated carbocycles. The van der Waals surface area contributed by atoms with Crippen LogP contribution in [0.2, 0.25) is 0 Å². The molecule has 4 aliphatic rings. The smallest absolute Gasteiger partial charge is 0.330 e. The third-order valence-corrected chi connectivity index (χ3v) is 23.6. The molecule has 50 heteroatoms. The molecule has 4 fully saturated rings. The van der Waals surface area contributed by atoms with Gasteiger partial charge in [-0.25, -0.2) is 19.4 Å². The van der Waals surface area contributed by atoms with Gasteiger partial charge in [0.25, 0.3) is 22.2 Å². The summed E-state index contributed by atoms with van der Waals surface area (Å²) < 4.78 is 113. The highest BCUT2D eigenvalue weighted by Crippen LogP contribution is 2.55. The molecule has 0 bridgehead atoms. The highest BCUT2D eigenvalue weighted by atomic mass is 32.9. The fourth-order valence-corrected chi connectivity index (χ4v) is 18.7.